The van der Waals surface area contributed by atoms with Gasteiger partial charge in [-0.25, -0.2) is 4.98 Å². The van der Waals surface area contributed by atoms with Gasteiger partial charge in [0.15, 0.2) is 0 Å². The Labute approximate surface area is 126 Å². The van der Waals surface area contributed by atoms with Crippen LogP contribution in [-0.2, 0) is 19.6 Å². The molecule has 1 aliphatic heterocycles. The van der Waals surface area contributed by atoms with Crippen molar-refractivity contribution in [2.45, 2.75) is 33.0 Å². The SMILES string of the molecule is Cc1oncc1C(=O)NCc1cc(=O)n2c(n1)CNCCC2. The van der Waals surface area contributed by atoms with E-state index >= 15 is 0 Å². The molecule has 0 aromatic carbocycles. The van der Waals surface area contributed by atoms with Gasteiger partial charge in [0.1, 0.15) is 17.1 Å². The zero-order chi connectivity index (χ0) is 15.5. The Balaban J connectivity index is 1.75. The molecule has 3 rings (SSSR count). The molecule has 1 amide bonds. The minimum atomic E-state index is -0.297. The first-order valence-electron chi connectivity index (χ1n) is 7.15. The Kier molecular flexibility index (Phi) is 4.01. The topological polar surface area (TPSA) is 102 Å². The molecule has 8 heteroatoms. The van der Waals surface area contributed by atoms with Gasteiger partial charge >= 0.3 is 0 Å². The van der Waals surface area contributed by atoms with Crippen molar-refractivity contribution in [1.29, 1.82) is 0 Å². The highest BCUT2D eigenvalue weighted by molar-refractivity contribution is 5.94. The van der Waals surface area contributed by atoms with E-state index in [-0.39, 0.29) is 18.0 Å². The molecule has 0 saturated heterocycles. The zero-order valence-corrected chi connectivity index (χ0v) is 12.3. The van der Waals surface area contributed by atoms with E-state index in [0.717, 1.165) is 13.0 Å². The van der Waals surface area contributed by atoms with Crippen molar-refractivity contribution in [2.24, 2.45) is 0 Å². The van der Waals surface area contributed by atoms with Crippen molar-refractivity contribution in [2.75, 3.05) is 6.54 Å². The lowest BCUT2D eigenvalue weighted by Gasteiger charge is -2.10. The third-order valence-electron chi connectivity index (χ3n) is 3.58. The lowest BCUT2D eigenvalue weighted by Crippen LogP contribution is -2.29. The number of nitrogens with zero attached hydrogens (tertiary/aromatic N) is 3. The number of amides is 1. The van der Waals surface area contributed by atoms with E-state index in [1.807, 2.05) is 0 Å². The van der Waals surface area contributed by atoms with Gasteiger partial charge in [-0.2, -0.15) is 0 Å². The molecule has 0 spiro atoms. The Morgan fingerprint density at radius 3 is 3.18 bits per heavy atom. The third kappa shape index (κ3) is 2.91. The van der Waals surface area contributed by atoms with Crippen molar-refractivity contribution in [3.63, 3.8) is 0 Å². The number of fused-ring (bicyclic) bond motifs is 1. The molecular weight excluding hydrogens is 286 g/mol. The summed E-state index contributed by atoms with van der Waals surface area (Å²) in [6.07, 6.45) is 2.27. The molecular formula is C14H17N5O3. The predicted octanol–water partition coefficient (Wildman–Crippen LogP) is -0.0370. The van der Waals surface area contributed by atoms with Crippen molar-refractivity contribution in [1.82, 2.24) is 25.3 Å². The van der Waals surface area contributed by atoms with Gasteiger partial charge in [-0.3, -0.25) is 14.2 Å². The molecule has 8 nitrogen and oxygen atoms in total. The number of nitrogens with one attached hydrogen (secondary N) is 2. The van der Waals surface area contributed by atoms with Crippen molar-refractivity contribution >= 4 is 5.91 Å². The minimum absolute atomic E-state index is 0.0842. The van der Waals surface area contributed by atoms with Crippen LogP contribution in [0.25, 0.3) is 0 Å². The van der Waals surface area contributed by atoms with Crippen LogP contribution in [0.3, 0.4) is 0 Å². The van der Waals surface area contributed by atoms with Gasteiger partial charge in [-0.05, 0) is 19.9 Å². The maximum atomic E-state index is 12.1. The van der Waals surface area contributed by atoms with Crippen LogP contribution in [0, 0.1) is 6.92 Å². The largest absolute Gasteiger partial charge is 0.361 e. The molecule has 0 saturated carbocycles. The first-order chi connectivity index (χ1) is 10.6. The molecule has 0 bridgehead atoms. The quantitative estimate of drug-likeness (QED) is 0.825. The second-order valence-electron chi connectivity index (χ2n) is 5.16. The number of hydrogen-bond acceptors (Lipinski definition) is 6. The summed E-state index contributed by atoms with van der Waals surface area (Å²) in [5.41, 5.74) is 0.842. The lowest BCUT2D eigenvalue weighted by atomic mass is 10.2. The fourth-order valence-electron chi connectivity index (χ4n) is 2.42. The fourth-order valence-corrected chi connectivity index (χ4v) is 2.42. The molecule has 0 unspecified atom stereocenters. The summed E-state index contributed by atoms with van der Waals surface area (Å²) in [6, 6.07) is 1.47. The average Bonchev–Trinajstić information content (AvgIpc) is 2.78. The van der Waals surface area contributed by atoms with Gasteiger partial charge in [-0.15, -0.1) is 0 Å². The second-order valence-corrected chi connectivity index (χ2v) is 5.16. The Bertz CT molecular complexity index is 749. The van der Waals surface area contributed by atoms with Crippen LogP contribution in [0.4, 0.5) is 0 Å². The molecule has 0 aliphatic carbocycles. The van der Waals surface area contributed by atoms with Crippen LogP contribution >= 0.6 is 0 Å². The molecule has 3 heterocycles. The molecule has 2 aromatic rings. The van der Waals surface area contributed by atoms with Crippen LogP contribution in [0.2, 0.25) is 0 Å². The zero-order valence-electron chi connectivity index (χ0n) is 12.3. The second kappa shape index (κ2) is 6.10. The third-order valence-corrected chi connectivity index (χ3v) is 3.58. The van der Waals surface area contributed by atoms with Gasteiger partial charge in [-0.1, -0.05) is 5.16 Å². The van der Waals surface area contributed by atoms with Gasteiger partial charge in [0, 0.05) is 12.6 Å². The Morgan fingerprint density at radius 1 is 1.55 bits per heavy atom. The number of aromatic nitrogens is 3. The van der Waals surface area contributed by atoms with Crippen LogP contribution in [0.1, 0.15) is 34.1 Å². The van der Waals surface area contributed by atoms with Crippen molar-refractivity contribution in [3.8, 4) is 0 Å². The number of carbonyl (C=O) groups is 1. The fraction of sp³-hybridized carbons (Fsp3) is 0.429. The Morgan fingerprint density at radius 2 is 2.41 bits per heavy atom. The van der Waals surface area contributed by atoms with Gasteiger partial charge in [0.2, 0.25) is 0 Å². The summed E-state index contributed by atoms with van der Waals surface area (Å²) in [6.45, 7) is 3.94. The lowest BCUT2D eigenvalue weighted by molar-refractivity contribution is 0.0949. The maximum absolute atomic E-state index is 12.1. The van der Waals surface area contributed by atoms with Gasteiger partial charge in [0.25, 0.3) is 11.5 Å². The molecule has 1 aliphatic rings. The monoisotopic (exact) mass is 303 g/mol. The highest BCUT2D eigenvalue weighted by Crippen LogP contribution is 2.06. The standard InChI is InChI=1S/C14H17N5O3/c1-9-11(7-17-22-9)14(21)16-6-10-5-13(20)19-4-2-3-15-8-12(19)18-10/h5,7,15H,2-4,6,8H2,1H3,(H,16,21). The number of carbonyl (C=O) groups excluding carboxylic acids is 1. The van der Waals surface area contributed by atoms with Crippen LogP contribution < -0.4 is 16.2 Å². The summed E-state index contributed by atoms with van der Waals surface area (Å²) in [5.74, 6) is 0.862. The van der Waals surface area contributed by atoms with Crippen LogP contribution in [0.15, 0.2) is 21.6 Å². The molecule has 116 valence electrons. The summed E-state index contributed by atoms with van der Waals surface area (Å²) in [7, 11) is 0. The first kappa shape index (κ1) is 14.5. The summed E-state index contributed by atoms with van der Waals surface area (Å²) >= 11 is 0. The highest BCUT2D eigenvalue weighted by atomic mass is 16.5. The van der Waals surface area contributed by atoms with Crippen molar-refractivity contribution < 1.29 is 9.32 Å². The van der Waals surface area contributed by atoms with E-state index in [1.165, 1.54) is 12.3 Å². The van der Waals surface area contributed by atoms with Gasteiger partial charge < -0.3 is 15.2 Å². The van der Waals surface area contributed by atoms with E-state index in [2.05, 4.69) is 20.8 Å². The van der Waals surface area contributed by atoms with E-state index in [0.29, 0.717) is 35.9 Å². The summed E-state index contributed by atoms with van der Waals surface area (Å²) < 4.78 is 6.53. The van der Waals surface area contributed by atoms with E-state index in [9.17, 15) is 9.59 Å². The summed E-state index contributed by atoms with van der Waals surface area (Å²) in [4.78, 5) is 28.6. The molecule has 2 N–H and O–H groups in total. The number of aryl methyl sites for hydroxylation is 1. The minimum Gasteiger partial charge on any atom is -0.361 e. The number of hydrogen-bond donors (Lipinski definition) is 2. The van der Waals surface area contributed by atoms with Crippen LogP contribution in [-0.4, -0.2) is 27.2 Å². The van der Waals surface area contributed by atoms with E-state index < -0.39 is 0 Å². The normalized spacial score (nSPS) is 14.2. The predicted molar refractivity (Wildman–Crippen MR) is 77.2 cm³/mol. The smallest absolute Gasteiger partial charge is 0.256 e. The van der Waals surface area contributed by atoms with E-state index in [1.54, 1.807) is 11.5 Å². The van der Waals surface area contributed by atoms with Crippen molar-refractivity contribution in [3.05, 3.63) is 45.5 Å². The molecule has 0 atom stereocenters. The van der Waals surface area contributed by atoms with Gasteiger partial charge in [0.05, 0.1) is 25.0 Å². The first-order valence-corrected chi connectivity index (χ1v) is 7.15. The molecule has 22 heavy (non-hydrogen) atoms. The molecule has 2 aromatic heterocycles. The Hall–Kier alpha value is -2.48. The maximum Gasteiger partial charge on any atom is 0.256 e. The highest BCUT2D eigenvalue weighted by Gasteiger charge is 2.14. The van der Waals surface area contributed by atoms with E-state index in [4.69, 9.17) is 4.52 Å². The average molecular weight is 303 g/mol. The van der Waals surface area contributed by atoms with Crippen LogP contribution in [0.5, 0.6) is 0 Å². The molecule has 0 fully saturated rings. The summed E-state index contributed by atoms with van der Waals surface area (Å²) in [5, 5.41) is 9.51. The number of rotatable bonds is 3. The molecule has 0 radical (unpaired) electrons.